The van der Waals surface area contributed by atoms with E-state index in [1.807, 2.05) is 6.92 Å². The highest BCUT2D eigenvalue weighted by Crippen LogP contribution is 2.29. The number of carbonyl (C=O) groups is 4. The van der Waals surface area contributed by atoms with Crippen molar-refractivity contribution < 1.29 is 28.8 Å². The molecule has 0 unspecified atom stereocenters. The van der Waals surface area contributed by atoms with Crippen molar-refractivity contribution in [1.82, 2.24) is 15.5 Å². The molecule has 0 aromatic heterocycles. The van der Waals surface area contributed by atoms with Gasteiger partial charge in [0.25, 0.3) is 5.69 Å². The molecule has 222 valence electrons. The highest BCUT2D eigenvalue weighted by molar-refractivity contribution is 6.30. The highest BCUT2D eigenvalue weighted by atomic mass is 35.5. The van der Waals surface area contributed by atoms with Crippen molar-refractivity contribution >= 4 is 41.1 Å². The van der Waals surface area contributed by atoms with Crippen molar-refractivity contribution in [2.45, 2.75) is 58.6 Å². The average molecular weight is 598 g/mol. The van der Waals surface area contributed by atoms with Gasteiger partial charge in [-0.05, 0) is 69.0 Å². The Hall–Kier alpha value is -4.50. The molecule has 0 spiro atoms. The predicted molar refractivity (Wildman–Crippen MR) is 153 cm³/mol. The normalized spacial score (nSPS) is 16.1. The zero-order chi connectivity index (χ0) is 31.2. The van der Waals surface area contributed by atoms with Gasteiger partial charge < -0.3 is 15.4 Å². The molecule has 1 aliphatic rings. The van der Waals surface area contributed by atoms with E-state index in [2.05, 4.69) is 16.7 Å². The maximum absolute atomic E-state index is 13.5. The molecule has 2 atom stereocenters. The molecule has 0 bridgehead atoms. The molecule has 0 saturated carbocycles. The minimum absolute atomic E-state index is 0.0461. The molecule has 1 heterocycles. The molecule has 0 aliphatic carbocycles. The second kappa shape index (κ2) is 13.4. The second-order valence-electron chi connectivity index (χ2n) is 10.9. The summed E-state index contributed by atoms with van der Waals surface area (Å²) >= 11 is 6.09. The number of imide groups is 1. The lowest BCUT2D eigenvalue weighted by molar-refractivity contribution is -0.385. The number of hydrogen-bond acceptors (Lipinski definition) is 8. The van der Waals surface area contributed by atoms with E-state index in [0.717, 1.165) is 4.90 Å². The molecule has 42 heavy (non-hydrogen) atoms. The molecule has 3 rings (SSSR count). The van der Waals surface area contributed by atoms with Gasteiger partial charge in [0, 0.05) is 17.6 Å². The van der Waals surface area contributed by atoms with Crippen LogP contribution in [0.5, 0.6) is 0 Å². The molecule has 4 amide bonds. The van der Waals surface area contributed by atoms with Crippen molar-refractivity contribution in [3.8, 4) is 6.07 Å². The molecule has 1 saturated heterocycles. The lowest BCUT2D eigenvalue weighted by Crippen LogP contribution is -2.48. The Bertz CT molecular complexity index is 1450. The van der Waals surface area contributed by atoms with Crippen LogP contribution in [-0.4, -0.2) is 52.3 Å². The number of nitro benzene ring substituents is 1. The van der Waals surface area contributed by atoms with Crippen LogP contribution in [0.1, 0.15) is 73.6 Å². The quantitative estimate of drug-likeness (QED) is 0.255. The third kappa shape index (κ3) is 8.04. The van der Waals surface area contributed by atoms with E-state index in [-0.39, 0.29) is 18.5 Å². The Morgan fingerprint density at radius 1 is 1.26 bits per heavy atom. The van der Waals surface area contributed by atoms with Crippen LogP contribution in [0, 0.1) is 27.4 Å². The van der Waals surface area contributed by atoms with Crippen LogP contribution in [0.3, 0.4) is 0 Å². The van der Waals surface area contributed by atoms with Crippen LogP contribution in [0.4, 0.5) is 10.5 Å². The summed E-state index contributed by atoms with van der Waals surface area (Å²) in [7, 11) is 0. The molecule has 0 radical (unpaired) electrons. The fourth-order valence-electron chi connectivity index (χ4n) is 4.52. The number of rotatable bonds is 8. The van der Waals surface area contributed by atoms with Gasteiger partial charge in [0.1, 0.15) is 17.7 Å². The van der Waals surface area contributed by atoms with Gasteiger partial charge in [-0.1, -0.05) is 31.0 Å². The van der Waals surface area contributed by atoms with Crippen LogP contribution in [0.15, 0.2) is 36.4 Å². The summed E-state index contributed by atoms with van der Waals surface area (Å²) in [4.78, 5) is 63.9. The third-order valence-corrected chi connectivity index (χ3v) is 6.71. The van der Waals surface area contributed by atoms with Crippen molar-refractivity contribution in [1.29, 1.82) is 5.26 Å². The number of halogens is 1. The van der Waals surface area contributed by atoms with Gasteiger partial charge in [-0.25, -0.2) is 9.59 Å². The minimum Gasteiger partial charge on any atom is -0.456 e. The summed E-state index contributed by atoms with van der Waals surface area (Å²) in [5.74, 6) is -2.89. The molecule has 1 aliphatic heterocycles. The van der Waals surface area contributed by atoms with E-state index in [0.29, 0.717) is 34.6 Å². The van der Waals surface area contributed by atoms with E-state index >= 15 is 0 Å². The number of esters is 1. The van der Waals surface area contributed by atoms with Crippen molar-refractivity contribution in [2.24, 2.45) is 5.92 Å². The number of benzene rings is 2. The SMILES string of the molecule is CCC[C@@H](NC(=O)N1CC(=O)NC[C@@H](Cc2cc(Cl)ccc2C#N)C1=O)c1ccc(C(=O)OC(C)(C)C)c([N+](=O)[O-])c1. The second-order valence-corrected chi connectivity index (χ2v) is 11.3. The van der Waals surface area contributed by atoms with Crippen LogP contribution >= 0.6 is 11.6 Å². The number of ether oxygens (including phenoxy) is 1. The fraction of sp³-hybridized carbons (Fsp3) is 0.414. The van der Waals surface area contributed by atoms with Crippen molar-refractivity contribution in [3.63, 3.8) is 0 Å². The van der Waals surface area contributed by atoms with Gasteiger partial charge in [0.2, 0.25) is 11.8 Å². The lowest BCUT2D eigenvalue weighted by atomic mass is 9.95. The first-order chi connectivity index (χ1) is 19.7. The summed E-state index contributed by atoms with van der Waals surface area (Å²) in [5.41, 5.74) is -0.434. The number of urea groups is 1. The highest BCUT2D eigenvalue weighted by Gasteiger charge is 2.35. The topological polar surface area (TPSA) is 172 Å². The van der Waals surface area contributed by atoms with E-state index in [1.54, 1.807) is 32.9 Å². The van der Waals surface area contributed by atoms with Gasteiger partial charge in [-0.3, -0.25) is 24.6 Å². The van der Waals surface area contributed by atoms with Crippen LogP contribution < -0.4 is 10.6 Å². The first-order valence-electron chi connectivity index (χ1n) is 13.3. The maximum Gasteiger partial charge on any atom is 0.345 e. The molecule has 1 fully saturated rings. The number of nitrogens with one attached hydrogen (secondary N) is 2. The van der Waals surface area contributed by atoms with Crippen LogP contribution in [0.25, 0.3) is 0 Å². The van der Waals surface area contributed by atoms with Crippen molar-refractivity contribution in [3.05, 3.63) is 73.8 Å². The molecule has 12 nitrogen and oxygen atoms in total. The molecule has 2 N–H and O–H groups in total. The molecular weight excluding hydrogens is 566 g/mol. The largest absolute Gasteiger partial charge is 0.456 e. The summed E-state index contributed by atoms with van der Waals surface area (Å²) in [6.07, 6.45) is 0.971. The van der Waals surface area contributed by atoms with Gasteiger partial charge >= 0.3 is 12.0 Å². The molecule has 2 aromatic rings. The Kier molecular flexibility index (Phi) is 10.2. The Balaban J connectivity index is 1.88. The number of hydrogen-bond donors (Lipinski definition) is 2. The Morgan fingerprint density at radius 2 is 1.98 bits per heavy atom. The number of nitriles is 1. The van der Waals surface area contributed by atoms with Crippen molar-refractivity contribution in [2.75, 3.05) is 13.1 Å². The Morgan fingerprint density at radius 3 is 2.60 bits per heavy atom. The minimum atomic E-state index is -0.866. The maximum atomic E-state index is 13.5. The summed E-state index contributed by atoms with van der Waals surface area (Å²) in [6, 6.07) is 9.02. The monoisotopic (exact) mass is 597 g/mol. The summed E-state index contributed by atoms with van der Waals surface area (Å²) < 4.78 is 5.29. The first kappa shape index (κ1) is 32.0. The predicted octanol–water partition coefficient (Wildman–Crippen LogP) is 4.44. The lowest BCUT2D eigenvalue weighted by Gasteiger charge is -2.26. The number of amides is 4. The zero-order valence-corrected chi connectivity index (χ0v) is 24.5. The smallest absolute Gasteiger partial charge is 0.345 e. The zero-order valence-electron chi connectivity index (χ0n) is 23.7. The number of nitro groups is 1. The van der Waals surface area contributed by atoms with E-state index in [9.17, 15) is 34.6 Å². The summed E-state index contributed by atoms with van der Waals surface area (Å²) in [6.45, 7) is 6.20. The van der Waals surface area contributed by atoms with Gasteiger partial charge in [-0.15, -0.1) is 0 Å². The number of carbonyl (C=O) groups excluding carboxylic acids is 4. The fourth-order valence-corrected chi connectivity index (χ4v) is 4.71. The van der Waals surface area contributed by atoms with Gasteiger partial charge in [0.15, 0.2) is 0 Å². The Labute approximate surface area is 248 Å². The van der Waals surface area contributed by atoms with E-state index in [4.69, 9.17) is 16.3 Å². The third-order valence-electron chi connectivity index (χ3n) is 6.48. The first-order valence-corrected chi connectivity index (χ1v) is 13.7. The van der Waals surface area contributed by atoms with Crippen LogP contribution in [-0.2, 0) is 20.7 Å². The van der Waals surface area contributed by atoms with E-state index in [1.165, 1.54) is 24.3 Å². The van der Waals surface area contributed by atoms with Gasteiger partial charge in [0.05, 0.1) is 28.5 Å². The average Bonchev–Trinajstić information content (AvgIpc) is 3.05. The summed E-state index contributed by atoms with van der Waals surface area (Å²) in [5, 5.41) is 27.0. The molecular formula is C29H32ClN5O7. The van der Waals surface area contributed by atoms with E-state index < -0.39 is 58.5 Å². The van der Waals surface area contributed by atoms with Gasteiger partial charge in [-0.2, -0.15) is 5.26 Å². The molecule has 2 aromatic carbocycles. The standard InChI is InChI=1S/C29H32ClN5O7/c1-5-6-23(17-8-10-22(24(13-17)35(40)41)27(38)42-29(2,3)4)33-28(39)34-16-25(36)32-15-20(26(34)37)11-19-12-21(30)9-7-18(19)14-31/h7-10,12-13,20,23H,5-6,11,15-16H2,1-4H3,(H,32,36)(H,33,39)/t20-,23-/m1/s1. The van der Waals surface area contributed by atoms with Crippen LogP contribution in [0.2, 0.25) is 5.02 Å². The number of nitrogens with zero attached hydrogens (tertiary/aromatic N) is 3. The molecule has 13 heteroatoms.